The lowest BCUT2D eigenvalue weighted by Gasteiger charge is -2.43. The number of likely N-dealkylation sites (tertiary alicyclic amines) is 1. The number of β-amino-alcohol motifs (C(OH)–C–C–N with tert-alkyl or cyclic N) is 1. The first-order chi connectivity index (χ1) is 15.3. The Kier molecular flexibility index (Phi) is 7.96. The molecule has 0 aliphatic carbocycles. The summed E-state index contributed by atoms with van der Waals surface area (Å²) < 4.78 is 5.30. The third kappa shape index (κ3) is 5.51. The van der Waals surface area contributed by atoms with Gasteiger partial charge in [0.1, 0.15) is 28.5 Å². The number of aliphatic hydroxyl groups is 2. The molecule has 3 aromatic rings. The Morgan fingerprint density at radius 3 is 2.66 bits per heavy atom. The minimum Gasteiger partial charge on any atom is -0.497 e. The molecule has 0 saturated carbocycles. The van der Waals surface area contributed by atoms with Crippen molar-refractivity contribution >= 4 is 46.1 Å². The smallest absolute Gasteiger partial charge is 0.183 e. The zero-order valence-corrected chi connectivity index (χ0v) is 19.7. The summed E-state index contributed by atoms with van der Waals surface area (Å²) in [4.78, 5) is 34.2. The number of carbonyl (C=O) groups is 2. The van der Waals surface area contributed by atoms with Crippen molar-refractivity contribution in [1.82, 2.24) is 14.9 Å². The predicted molar refractivity (Wildman–Crippen MR) is 125 cm³/mol. The quantitative estimate of drug-likeness (QED) is 0.230. The third-order valence-corrected chi connectivity index (χ3v) is 7.11. The predicted octanol–water partition coefficient (Wildman–Crippen LogP) is 2.29. The van der Waals surface area contributed by atoms with Crippen LogP contribution in [0.15, 0.2) is 35.4 Å². The number of carbonyl (C=O) groups excluding carboxylic acids is 2. The first-order valence-electron chi connectivity index (χ1n) is 9.83. The van der Waals surface area contributed by atoms with E-state index in [1.54, 1.807) is 7.11 Å². The first-order valence-corrected chi connectivity index (χ1v) is 11.6. The van der Waals surface area contributed by atoms with Gasteiger partial charge in [0, 0.05) is 23.4 Å². The topological polar surface area (TPSA) is 113 Å². The van der Waals surface area contributed by atoms with Gasteiger partial charge in [-0.2, -0.15) is 0 Å². The van der Waals surface area contributed by atoms with E-state index in [0.29, 0.717) is 30.1 Å². The lowest BCUT2D eigenvalue weighted by Crippen LogP contribution is -2.56. The summed E-state index contributed by atoms with van der Waals surface area (Å²) in [6.07, 6.45) is 0.431. The molecule has 0 spiro atoms. The summed E-state index contributed by atoms with van der Waals surface area (Å²) in [5.41, 5.74) is 0.0136. The molecule has 0 amide bonds. The number of ketones is 1. The van der Waals surface area contributed by atoms with Crippen LogP contribution in [0, 0.1) is 6.92 Å². The maximum absolute atomic E-state index is 12.7. The molecule has 1 aliphatic heterocycles. The van der Waals surface area contributed by atoms with Crippen molar-refractivity contribution in [2.24, 2.45) is 0 Å². The Bertz CT molecular complexity index is 1110. The Morgan fingerprint density at radius 2 is 2.03 bits per heavy atom. The minimum absolute atomic E-state index is 0.0323. The average Bonchev–Trinajstić information content (AvgIpc) is 3.27. The number of hydrogen-bond acceptors (Lipinski definition) is 10. The number of rotatable bonds is 7. The van der Waals surface area contributed by atoms with Gasteiger partial charge in [-0.3, -0.25) is 9.69 Å². The van der Waals surface area contributed by atoms with Crippen LogP contribution in [0.4, 0.5) is 0 Å². The Hall–Kier alpha value is -2.37. The molecule has 0 unspecified atom stereocenters. The van der Waals surface area contributed by atoms with Crippen LogP contribution in [0.5, 0.6) is 5.75 Å². The maximum Gasteiger partial charge on any atom is 0.183 e. The molecule has 2 aromatic heterocycles. The van der Waals surface area contributed by atoms with Crippen LogP contribution < -0.4 is 4.74 Å². The Labute approximate surface area is 194 Å². The van der Waals surface area contributed by atoms with Crippen molar-refractivity contribution in [2.75, 3.05) is 39.6 Å². The second-order valence-electron chi connectivity index (χ2n) is 7.39. The fraction of sp³-hybridized carbons (Fsp3) is 0.364. The largest absolute Gasteiger partial charge is 0.497 e. The summed E-state index contributed by atoms with van der Waals surface area (Å²) in [5, 5.41) is 19.7. The number of thioether (sulfide) groups is 1. The number of aliphatic hydroxyl groups excluding tert-OH is 1. The molecule has 1 aliphatic rings. The molecule has 1 saturated heterocycles. The van der Waals surface area contributed by atoms with Crippen molar-refractivity contribution in [1.29, 1.82) is 0 Å². The molecule has 0 atom stereocenters. The number of aromatic nitrogens is 2. The van der Waals surface area contributed by atoms with E-state index in [-0.39, 0.29) is 18.1 Å². The van der Waals surface area contributed by atoms with Crippen LogP contribution in [0.1, 0.15) is 20.4 Å². The summed E-state index contributed by atoms with van der Waals surface area (Å²) >= 11 is 2.78. The molecular formula is C22H25N3O5S2. The van der Waals surface area contributed by atoms with Crippen molar-refractivity contribution in [3.05, 3.63) is 45.9 Å². The fourth-order valence-corrected chi connectivity index (χ4v) is 5.42. The van der Waals surface area contributed by atoms with Crippen LogP contribution in [0.2, 0.25) is 0 Å². The van der Waals surface area contributed by atoms with Crippen LogP contribution in [-0.2, 0) is 10.4 Å². The number of aldehydes is 1. The van der Waals surface area contributed by atoms with Crippen molar-refractivity contribution in [3.63, 3.8) is 0 Å². The zero-order chi connectivity index (χ0) is 23.3. The lowest BCUT2D eigenvalue weighted by molar-refractivity contribution is -0.110. The van der Waals surface area contributed by atoms with E-state index in [4.69, 9.17) is 14.6 Å². The standard InChI is InChI=1S/C20H21N3O3S2.C2H4O2/c1-12-21-15-5-4-13(26-3)8-14(15)19(22-12)27-9-16(24)17-6-7-18(28-17)20(25)10-23(2)11-20;3-1-2-4/h4-8,25H,9-11H2,1-3H3;1,4H,2H2. The summed E-state index contributed by atoms with van der Waals surface area (Å²) in [5.74, 6) is 1.71. The molecular weight excluding hydrogens is 450 g/mol. The first kappa shape index (κ1) is 24.3. The summed E-state index contributed by atoms with van der Waals surface area (Å²) in [6.45, 7) is 2.69. The molecule has 10 heteroatoms. The number of fused-ring (bicyclic) bond motifs is 1. The number of Topliss-reactive ketones (excluding diaryl/α,β-unsaturated/α-hetero) is 1. The van der Waals surface area contributed by atoms with E-state index < -0.39 is 5.60 Å². The van der Waals surface area contributed by atoms with Gasteiger partial charge in [-0.1, -0.05) is 11.8 Å². The highest BCUT2D eigenvalue weighted by atomic mass is 32.2. The van der Waals surface area contributed by atoms with Crippen molar-refractivity contribution in [3.8, 4) is 5.75 Å². The van der Waals surface area contributed by atoms with Gasteiger partial charge in [-0.05, 0) is 44.3 Å². The minimum atomic E-state index is -0.818. The average molecular weight is 476 g/mol. The molecule has 4 rings (SSSR count). The highest BCUT2D eigenvalue weighted by Gasteiger charge is 2.41. The fourth-order valence-electron chi connectivity index (χ4n) is 3.37. The van der Waals surface area contributed by atoms with Gasteiger partial charge >= 0.3 is 0 Å². The molecule has 1 fully saturated rings. The van der Waals surface area contributed by atoms with Gasteiger partial charge < -0.3 is 19.7 Å². The number of thiophene rings is 1. The molecule has 1 aromatic carbocycles. The highest BCUT2D eigenvalue weighted by molar-refractivity contribution is 8.00. The van der Waals surface area contributed by atoms with Gasteiger partial charge in [-0.15, -0.1) is 11.3 Å². The molecule has 8 nitrogen and oxygen atoms in total. The van der Waals surface area contributed by atoms with Crippen LogP contribution in [0.3, 0.4) is 0 Å². The van der Waals surface area contributed by atoms with Crippen molar-refractivity contribution in [2.45, 2.75) is 17.6 Å². The number of likely N-dealkylation sites (N-methyl/N-ethyl adjacent to an activating group) is 1. The van der Waals surface area contributed by atoms with Crippen molar-refractivity contribution < 1.29 is 24.5 Å². The second-order valence-corrected chi connectivity index (χ2v) is 9.44. The van der Waals surface area contributed by atoms with Gasteiger partial charge in [-0.25, -0.2) is 9.97 Å². The Morgan fingerprint density at radius 1 is 1.31 bits per heavy atom. The van der Waals surface area contributed by atoms with E-state index in [1.165, 1.54) is 23.1 Å². The van der Waals surface area contributed by atoms with E-state index in [1.807, 2.05) is 49.2 Å². The Balaban J connectivity index is 0.000000668. The van der Waals surface area contributed by atoms with E-state index in [9.17, 15) is 9.90 Å². The van der Waals surface area contributed by atoms with Crippen LogP contribution in [-0.4, -0.2) is 76.8 Å². The summed E-state index contributed by atoms with van der Waals surface area (Å²) in [7, 11) is 3.59. The van der Waals surface area contributed by atoms with E-state index >= 15 is 0 Å². The summed E-state index contributed by atoms with van der Waals surface area (Å²) in [6, 6.07) is 9.34. The number of methoxy groups -OCH3 is 1. The number of benzene rings is 1. The SMILES string of the molecule is COc1ccc2nc(C)nc(SCC(=O)c3ccc(C4(O)CN(C)C4)s3)c2c1.O=CCO. The molecule has 32 heavy (non-hydrogen) atoms. The number of nitrogens with zero attached hydrogens (tertiary/aromatic N) is 3. The lowest BCUT2D eigenvalue weighted by atomic mass is 9.93. The van der Waals surface area contributed by atoms with Gasteiger partial charge in [0.15, 0.2) is 5.78 Å². The van der Waals surface area contributed by atoms with Crippen LogP contribution in [0.25, 0.3) is 10.9 Å². The molecule has 3 heterocycles. The third-order valence-electron chi connectivity index (χ3n) is 4.80. The van der Waals surface area contributed by atoms with Gasteiger partial charge in [0.25, 0.3) is 0 Å². The monoisotopic (exact) mass is 475 g/mol. The molecule has 0 radical (unpaired) electrons. The normalized spacial score (nSPS) is 14.9. The molecule has 170 valence electrons. The number of hydrogen-bond donors (Lipinski definition) is 2. The van der Waals surface area contributed by atoms with E-state index in [0.717, 1.165) is 26.6 Å². The van der Waals surface area contributed by atoms with E-state index in [2.05, 4.69) is 9.97 Å². The molecule has 0 bridgehead atoms. The second kappa shape index (κ2) is 10.5. The zero-order valence-electron chi connectivity index (χ0n) is 18.1. The van der Waals surface area contributed by atoms with Crippen LogP contribution >= 0.6 is 23.1 Å². The van der Waals surface area contributed by atoms with Gasteiger partial charge in [0.05, 0.1) is 29.9 Å². The van der Waals surface area contributed by atoms with Gasteiger partial charge in [0.2, 0.25) is 0 Å². The highest BCUT2D eigenvalue weighted by Crippen LogP contribution is 2.36. The number of ether oxygens (including phenoxy) is 1. The number of aryl methyl sites for hydroxylation is 1. The maximum atomic E-state index is 12.7. The molecule has 2 N–H and O–H groups in total.